The van der Waals surface area contributed by atoms with E-state index in [1.165, 1.54) is 12.5 Å². The van der Waals surface area contributed by atoms with Crippen molar-refractivity contribution in [3.63, 3.8) is 0 Å². The lowest BCUT2D eigenvalue weighted by atomic mass is 10.1. The van der Waals surface area contributed by atoms with Gasteiger partial charge in [-0.1, -0.05) is 18.2 Å². The molecule has 0 aliphatic rings. The predicted octanol–water partition coefficient (Wildman–Crippen LogP) is 3.80. The molecule has 22 heavy (non-hydrogen) atoms. The number of para-hydroxylation sites is 1. The molecule has 1 heterocycles. The second kappa shape index (κ2) is 5.77. The Morgan fingerprint density at radius 3 is 2.45 bits per heavy atom. The fraction of sp³-hybridized carbons (Fsp3) is 0. The summed E-state index contributed by atoms with van der Waals surface area (Å²) >= 11 is 0. The van der Waals surface area contributed by atoms with Gasteiger partial charge in [0, 0.05) is 23.4 Å². The maximum atomic E-state index is 14.2. The summed E-state index contributed by atoms with van der Waals surface area (Å²) in [5.74, 6) is -1.10. The predicted molar refractivity (Wildman–Crippen MR) is 78.3 cm³/mol. The second-order valence-corrected chi connectivity index (χ2v) is 4.50. The van der Waals surface area contributed by atoms with Crippen LogP contribution in [0.25, 0.3) is 11.1 Å². The molecule has 0 atom stereocenters. The number of hydrogen-bond donors (Lipinski definition) is 1. The van der Waals surface area contributed by atoms with E-state index in [4.69, 9.17) is 10.5 Å². The zero-order valence-electron chi connectivity index (χ0n) is 11.3. The van der Waals surface area contributed by atoms with Gasteiger partial charge in [0.1, 0.15) is 23.7 Å². The van der Waals surface area contributed by atoms with Crippen molar-refractivity contribution in [1.82, 2.24) is 9.97 Å². The molecule has 0 unspecified atom stereocenters. The fourth-order valence-electron chi connectivity index (χ4n) is 1.98. The molecule has 0 spiro atoms. The highest BCUT2D eigenvalue weighted by Crippen LogP contribution is 2.32. The quantitative estimate of drug-likeness (QED) is 0.799. The number of ether oxygens (including phenoxy) is 1. The maximum absolute atomic E-state index is 14.2. The van der Waals surface area contributed by atoms with Gasteiger partial charge >= 0.3 is 0 Å². The molecule has 3 rings (SSSR count). The van der Waals surface area contributed by atoms with Crippen LogP contribution >= 0.6 is 0 Å². The van der Waals surface area contributed by atoms with E-state index in [-0.39, 0.29) is 22.7 Å². The fourth-order valence-corrected chi connectivity index (χ4v) is 1.98. The third-order valence-electron chi connectivity index (χ3n) is 3.03. The van der Waals surface area contributed by atoms with E-state index in [0.717, 1.165) is 12.1 Å². The molecule has 3 aromatic rings. The molecule has 110 valence electrons. The first-order valence-electron chi connectivity index (χ1n) is 6.43. The zero-order chi connectivity index (χ0) is 15.5. The SMILES string of the molecule is Nc1ncncc1-c1cc(F)c(Oc2ccccc2)cc1F. The molecule has 4 nitrogen and oxygen atoms in total. The molecule has 0 radical (unpaired) electrons. The van der Waals surface area contributed by atoms with Gasteiger partial charge in [0.15, 0.2) is 11.6 Å². The van der Waals surface area contributed by atoms with Crippen molar-refractivity contribution >= 4 is 5.82 Å². The number of nitrogen functional groups attached to an aromatic ring is 1. The summed E-state index contributed by atoms with van der Waals surface area (Å²) in [6, 6.07) is 10.6. The van der Waals surface area contributed by atoms with Crippen LogP contribution < -0.4 is 10.5 Å². The Morgan fingerprint density at radius 2 is 1.73 bits per heavy atom. The molecule has 2 aromatic carbocycles. The molecule has 0 aliphatic heterocycles. The Balaban J connectivity index is 2.00. The maximum Gasteiger partial charge on any atom is 0.166 e. The molecule has 0 saturated heterocycles. The summed E-state index contributed by atoms with van der Waals surface area (Å²) in [5, 5.41) is 0. The lowest BCUT2D eigenvalue weighted by molar-refractivity contribution is 0.437. The average molecular weight is 299 g/mol. The molecule has 0 aliphatic carbocycles. The average Bonchev–Trinajstić information content (AvgIpc) is 2.52. The third kappa shape index (κ3) is 2.71. The number of halogens is 2. The first-order valence-corrected chi connectivity index (χ1v) is 6.43. The van der Waals surface area contributed by atoms with E-state index in [9.17, 15) is 8.78 Å². The van der Waals surface area contributed by atoms with Crippen LogP contribution in [0.3, 0.4) is 0 Å². The van der Waals surface area contributed by atoms with Crippen LogP contribution in [0.2, 0.25) is 0 Å². The minimum absolute atomic E-state index is 0.0176. The van der Waals surface area contributed by atoms with Crippen LogP contribution in [-0.4, -0.2) is 9.97 Å². The Hall–Kier alpha value is -3.02. The van der Waals surface area contributed by atoms with Crippen molar-refractivity contribution in [2.75, 3.05) is 5.73 Å². The molecular formula is C16H11F2N3O. The summed E-state index contributed by atoms with van der Waals surface area (Å²) in [6.07, 6.45) is 2.57. The summed E-state index contributed by atoms with van der Waals surface area (Å²) in [7, 11) is 0. The van der Waals surface area contributed by atoms with Crippen LogP contribution in [0.1, 0.15) is 0 Å². The molecular weight excluding hydrogens is 288 g/mol. The first kappa shape index (κ1) is 13.9. The summed E-state index contributed by atoms with van der Waals surface area (Å²) in [4.78, 5) is 7.53. The molecule has 6 heteroatoms. The van der Waals surface area contributed by atoms with Crippen LogP contribution in [0.4, 0.5) is 14.6 Å². The van der Waals surface area contributed by atoms with Crippen molar-refractivity contribution in [2.24, 2.45) is 0 Å². The standard InChI is InChI=1S/C16H11F2N3O/c17-13-7-15(22-10-4-2-1-3-5-10)14(18)6-11(13)12-8-20-9-21-16(12)19/h1-9H,(H2,19,20,21). The Bertz CT molecular complexity index is 810. The highest BCUT2D eigenvalue weighted by molar-refractivity contribution is 5.73. The topological polar surface area (TPSA) is 61.0 Å². The summed E-state index contributed by atoms with van der Waals surface area (Å²) < 4.78 is 33.7. The van der Waals surface area contributed by atoms with Crippen molar-refractivity contribution < 1.29 is 13.5 Å². The van der Waals surface area contributed by atoms with Crippen LogP contribution in [0, 0.1) is 11.6 Å². The smallest absolute Gasteiger partial charge is 0.166 e. The van der Waals surface area contributed by atoms with E-state index in [1.807, 2.05) is 0 Å². The van der Waals surface area contributed by atoms with Gasteiger partial charge in [0.25, 0.3) is 0 Å². The van der Waals surface area contributed by atoms with Crippen LogP contribution in [-0.2, 0) is 0 Å². The number of benzene rings is 2. The van der Waals surface area contributed by atoms with Gasteiger partial charge in [0.05, 0.1) is 0 Å². The van der Waals surface area contributed by atoms with Gasteiger partial charge in [-0.2, -0.15) is 0 Å². The minimum Gasteiger partial charge on any atom is -0.454 e. The zero-order valence-corrected chi connectivity index (χ0v) is 11.3. The number of anilines is 1. The van der Waals surface area contributed by atoms with Crippen LogP contribution in [0.15, 0.2) is 55.0 Å². The van der Waals surface area contributed by atoms with E-state index < -0.39 is 11.6 Å². The number of nitrogens with two attached hydrogens (primary N) is 1. The van der Waals surface area contributed by atoms with Crippen molar-refractivity contribution in [3.8, 4) is 22.6 Å². The Morgan fingerprint density at radius 1 is 0.955 bits per heavy atom. The molecule has 2 N–H and O–H groups in total. The molecule has 1 aromatic heterocycles. The minimum atomic E-state index is -0.705. The van der Waals surface area contributed by atoms with E-state index in [0.29, 0.717) is 5.75 Å². The lowest BCUT2D eigenvalue weighted by Crippen LogP contribution is -1.98. The van der Waals surface area contributed by atoms with Gasteiger partial charge in [-0.15, -0.1) is 0 Å². The van der Waals surface area contributed by atoms with Crippen LogP contribution in [0.5, 0.6) is 11.5 Å². The van der Waals surface area contributed by atoms with Crippen molar-refractivity contribution in [2.45, 2.75) is 0 Å². The number of rotatable bonds is 3. The highest BCUT2D eigenvalue weighted by atomic mass is 19.1. The number of hydrogen-bond acceptors (Lipinski definition) is 4. The highest BCUT2D eigenvalue weighted by Gasteiger charge is 2.15. The molecule has 0 saturated carbocycles. The van der Waals surface area contributed by atoms with Crippen molar-refractivity contribution in [1.29, 1.82) is 0 Å². The summed E-state index contributed by atoms with van der Waals surface area (Å²) in [5.41, 5.74) is 5.87. The molecule has 0 amide bonds. The van der Waals surface area contributed by atoms with Crippen molar-refractivity contribution in [3.05, 3.63) is 66.6 Å². The Kier molecular flexibility index (Phi) is 3.65. The summed E-state index contributed by atoms with van der Waals surface area (Å²) in [6.45, 7) is 0. The second-order valence-electron chi connectivity index (χ2n) is 4.50. The van der Waals surface area contributed by atoms with E-state index in [1.54, 1.807) is 30.3 Å². The normalized spacial score (nSPS) is 10.5. The van der Waals surface area contributed by atoms with Gasteiger partial charge < -0.3 is 10.5 Å². The lowest BCUT2D eigenvalue weighted by Gasteiger charge is -2.10. The Labute approximate surface area is 125 Å². The van der Waals surface area contributed by atoms with E-state index in [2.05, 4.69) is 9.97 Å². The van der Waals surface area contributed by atoms with E-state index >= 15 is 0 Å². The van der Waals surface area contributed by atoms with Gasteiger partial charge in [0.2, 0.25) is 0 Å². The monoisotopic (exact) mass is 299 g/mol. The van der Waals surface area contributed by atoms with Gasteiger partial charge in [-0.3, -0.25) is 0 Å². The third-order valence-corrected chi connectivity index (χ3v) is 3.03. The first-order chi connectivity index (χ1) is 10.6. The molecule has 0 fully saturated rings. The van der Waals surface area contributed by atoms with Gasteiger partial charge in [-0.05, 0) is 18.2 Å². The molecule has 0 bridgehead atoms. The van der Waals surface area contributed by atoms with Gasteiger partial charge in [-0.25, -0.2) is 18.7 Å². The number of nitrogens with zero attached hydrogens (tertiary/aromatic N) is 2. The number of aromatic nitrogens is 2. The largest absolute Gasteiger partial charge is 0.454 e.